The van der Waals surface area contributed by atoms with Gasteiger partial charge in [-0.1, -0.05) is 12.1 Å². The standard InChI is InChI=1S/C18H21N5O2/c1-12(2)23-16(10-11-19-23)22-17(24)9-5-8-15-20-14-7-4-3-6-13(14)18(25)21-15/h3-4,6-7,10-12H,5,8-9H2,1-2H3,(H,22,24)(H,20,21,25). The molecule has 0 fully saturated rings. The Morgan fingerprint density at radius 1 is 1.28 bits per heavy atom. The Bertz CT molecular complexity index is 942. The van der Waals surface area contributed by atoms with Crippen molar-refractivity contribution in [1.29, 1.82) is 0 Å². The number of fused-ring (bicyclic) bond motifs is 1. The third-order valence-electron chi connectivity index (χ3n) is 3.91. The van der Waals surface area contributed by atoms with Crippen LogP contribution in [0.5, 0.6) is 0 Å². The lowest BCUT2D eigenvalue weighted by Crippen LogP contribution is -2.17. The predicted molar refractivity (Wildman–Crippen MR) is 96.5 cm³/mol. The number of aromatic amines is 1. The van der Waals surface area contributed by atoms with E-state index in [0.29, 0.717) is 41.8 Å². The molecule has 0 aliphatic carbocycles. The number of hydrogen-bond acceptors (Lipinski definition) is 4. The highest BCUT2D eigenvalue weighted by Crippen LogP contribution is 2.14. The number of anilines is 1. The summed E-state index contributed by atoms with van der Waals surface area (Å²) < 4.78 is 1.76. The van der Waals surface area contributed by atoms with Crippen LogP contribution in [-0.4, -0.2) is 25.7 Å². The Morgan fingerprint density at radius 2 is 2.08 bits per heavy atom. The van der Waals surface area contributed by atoms with Crippen molar-refractivity contribution in [3.8, 4) is 0 Å². The summed E-state index contributed by atoms with van der Waals surface area (Å²) >= 11 is 0. The molecule has 7 heteroatoms. The summed E-state index contributed by atoms with van der Waals surface area (Å²) in [6.45, 7) is 4.01. The molecule has 0 atom stereocenters. The van der Waals surface area contributed by atoms with Crippen LogP contribution in [0.2, 0.25) is 0 Å². The Hall–Kier alpha value is -2.96. The van der Waals surface area contributed by atoms with Crippen LogP contribution in [0.1, 0.15) is 38.6 Å². The molecular formula is C18H21N5O2. The van der Waals surface area contributed by atoms with Gasteiger partial charge in [0.05, 0.1) is 17.1 Å². The van der Waals surface area contributed by atoms with Crippen molar-refractivity contribution in [2.45, 2.75) is 39.2 Å². The molecule has 0 saturated heterocycles. The fourth-order valence-corrected chi connectivity index (χ4v) is 2.70. The molecule has 2 heterocycles. The number of benzene rings is 1. The van der Waals surface area contributed by atoms with Crippen LogP contribution >= 0.6 is 0 Å². The molecule has 0 bridgehead atoms. The third kappa shape index (κ3) is 3.93. The number of para-hydroxylation sites is 1. The number of hydrogen-bond donors (Lipinski definition) is 2. The first-order chi connectivity index (χ1) is 12.0. The molecule has 0 spiro atoms. The molecule has 1 aromatic carbocycles. The van der Waals surface area contributed by atoms with E-state index in [9.17, 15) is 9.59 Å². The fraction of sp³-hybridized carbons (Fsp3) is 0.333. The Labute approximate surface area is 145 Å². The topological polar surface area (TPSA) is 92.7 Å². The van der Waals surface area contributed by atoms with Gasteiger partial charge in [-0.25, -0.2) is 9.67 Å². The molecule has 0 aliphatic rings. The van der Waals surface area contributed by atoms with Gasteiger partial charge in [0, 0.05) is 24.9 Å². The zero-order valence-electron chi connectivity index (χ0n) is 14.3. The molecule has 3 rings (SSSR count). The molecule has 3 aromatic rings. The molecule has 25 heavy (non-hydrogen) atoms. The average molecular weight is 339 g/mol. The molecule has 1 amide bonds. The first-order valence-corrected chi connectivity index (χ1v) is 8.36. The summed E-state index contributed by atoms with van der Waals surface area (Å²) in [4.78, 5) is 31.4. The van der Waals surface area contributed by atoms with Crippen molar-refractivity contribution in [3.63, 3.8) is 0 Å². The molecule has 0 radical (unpaired) electrons. The fourth-order valence-electron chi connectivity index (χ4n) is 2.70. The minimum atomic E-state index is -0.147. The average Bonchev–Trinajstić information content (AvgIpc) is 3.03. The van der Waals surface area contributed by atoms with Gasteiger partial charge < -0.3 is 10.3 Å². The SMILES string of the molecule is CC(C)n1nccc1NC(=O)CCCc1nc2ccccc2c(=O)[nH]1. The summed E-state index contributed by atoms with van der Waals surface area (Å²) in [7, 11) is 0. The zero-order valence-corrected chi connectivity index (χ0v) is 14.3. The van der Waals surface area contributed by atoms with E-state index >= 15 is 0 Å². The van der Waals surface area contributed by atoms with Gasteiger partial charge in [-0.2, -0.15) is 5.10 Å². The van der Waals surface area contributed by atoms with Crippen LogP contribution in [-0.2, 0) is 11.2 Å². The Kier molecular flexibility index (Phi) is 4.92. The van der Waals surface area contributed by atoms with E-state index in [-0.39, 0.29) is 17.5 Å². The van der Waals surface area contributed by atoms with Crippen molar-refractivity contribution in [3.05, 3.63) is 52.7 Å². The number of nitrogens with one attached hydrogen (secondary N) is 2. The van der Waals surface area contributed by atoms with Gasteiger partial charge in [-0.15, -0.1) is 0 Å². The number of rotatable bonds is 6. The van der Waals surface area contributed by atoms with E-state index in [2.05, 4.69) is 20.4 Å². The number of aromatic nitrogens is 4. The van der Waals surface area contributed by atoms with Crippen LogP contribution in [0.25, 0.3) is 10.9 Å². The summed E-state index contributed by atoms with van der Waals surface area (Å²) in [6.07, 6.45) is 3.15. The number of aryl methyl sites for hydroxylation is 1. The quantitative estimate of drug-likeness (QED) is 0.722. The Balaban J connectivity index is 1.58. The number of carbonyl (C=O) groups is 1. The van der Waals surface area contributed by atoms with Crippen molar-refractivity contribution < 1.29 is 4.79 Å². The minimum Gasteiger partial charge on any atom is -0.311 e. The first-order valence-electron chi connectivity index (χ1n) is 8.36. The second-order valence-electron chi connectivity index (χ2n) is 6.19. The number of carbonyl (C=O) groups excluding carboxylic acids is 1. The lowest BCUT2D eigenvalue weighted by molar-refractivity contribution is -0.116. The lowest BCUT2D eigenvalue weighted by Gasteiger charge is -2.11. The van der Waals surface area contributed by atoms with Crippen molar-refractivity contribution in [1.82, 2.24) is 19.7 Å². The largest absolute Gasteiger partial charge is 0.311 e. The molecule has 7 nitrogen and oxygen atoms in total. The summed E-state index contributed by atoms with van der Waals surface area (Å²) in [5.41, 5.74) is 0.525. The van der Waals surface area contributed by atoms with Crippen molar-refractivity contribution in [2.24, 2.45) is 0 Å². The number of H-pyrrole nitrogens is 1. The van der Waals surface area contributed by atoms with Gasteiger partial charge in [0.2, 0.25) is 5.91 Å². The van der Waals surface area contributed by atoms with E-state index in [1.807, 2.05) is 32.0 Å². The van der Waals surface area contributed by atoms with Crippen LogP contribution in [0.4, 0.5) is 5.82 Å². The monoisotopic (exact) mass is 339 g/mol. The van der Waals surface area contributed by atoms with Crippen LogP contribution < -0.4 is 10.9 Å². The second-order valence-corrected chi connectivity index (χ2v) is 6.19. The van der Waals surface area contributed by atoms with Crippen LogP contribution in [0.3, 0.4) is 0 Å². The van der Waals surface area contributed by atoms with Crippen molar-refractivity contribution >= 4 is 22.6 Å². The highest BCUT2D eigenvalue weighted by Gasteiger charge is 2.10. The number of amides is 1. The molecule has 0 unspecified atom stereocenters. The van der Waals surface area contributed by atoms with E-state index in [1.54, 1.807) is 23.0 Å². The molecule has 2 N–H and O–H groups in total. The summed E-state index contributed by atoms with van der Waals surface area (Å²) in [5, 5.41) is 7.63. The van der Waals surface area contributed by atoms with Gasteiger partial charge >= 0.3 is 0 Å². The maximum absolute atomic E-state index is 12.1. The van der Waals surface area contributed by atoms with E-state index in [4.69, 9.17) is 0 Å². The summed E-state index contributed by atoms with van der Waals surface area (Å²) in [6, 6.07) is 9.18. The van der Waals surface area contributed by atoms with Gasteiger partial charge in [0.1, 0.15) is 11.6 Å². The molecule has 0 aliphatic heterocycles. The van der Waals surface area contributed by atoms with Crippen LogP contribution in [0.15, 0.2) is 41.3 Å². The van der Waals surface area contributed by atoms with Crippen molar-refractivity contribution in [2.75, 3.05) is 5.32 Å². The molecule has 2 aromatic heterocycles. The number of nitrogens with zero attached hydrogens (tertiary/aromatic N) is 3. The maximum Gasteiger partial charge on any atom is 0.258 e. The lowest BCUT2D eigenvalue weighted by atomic mass is 10.2. The van der Waals surface area contributed by atoms with E-state index < -0.39 is 0 Å². The zero-order chi connectivity index (χ0) is 17.8. The van der Waals surface area contributed by atoms with E-state index in [0.717, 1.165) is 0 Å². The first kappa shape index (κ1) is 16.9. The summed E-state index contributed by atoms with van der Waals surface area (Å²) in [5.74, 6) is 1.21. The molecule has 0 saturated carbocycles. The van der Waals surface area contributed by atoms with Gasteiger partial charge in [-0.05, 0) is 32.4 Å². The van der Waals surface area contributed by atoms with Gasteiger partial charge in [0.15, 0.2) is 0 Å². The maximum atomic E-state index is 12.1. The smallest absolute Gasteiger partial charge is 0.258 e. The van der Waals surface area contributed by atoms with Crippen LogP contribution in [0, 0.1) is 0 Å². The highest BCUT2D eigenvalue weighted by molar-refractivity contribution is 5.89. The third-order valence-corrected chi connectivity index (χ3v) is 3.91. The van der Waals surface area contributed by atoms with E-state index in [1.165, 1.54) is 0 Å². The predicted octanol–water partition coefficient (Wildman–Crippen LogP) is 2.66. The molecular weight excluding hydrogens is 318 g/mol. The highest BCUT2D eigenvalue weighted by atomic mass is 16.1. The van der Waals surface area contributed by atoms with Gasteiger partial charge in [-0.3, -0.25) is 9.59 Å². The second kappa shape index (κ2) is 7.29. The minimum absolute atomic E-state index is 0.0782. The molecule has 130 valence electrons. The normalized spacial score (nSPS) is 11.2. The van der Waals surface area contributed by atoms with Gasteiger partial charge in [0.25, 0.3) is 5.56 Å². The Morgan fingerprint density at radius 3 is 2.88 bits per heavy atom.